The maximum atomic E-state index is 12.4. The van der Waals surface area contributed by atoms with E-state index in [2.05, 4.69) is 17.3 Å². The molecule has 0 unspecified atom stereocenters. The minimum absolute atomic E-state index is 0.0470. The largest absolute Gasteiger partial charge is 0.491 e. The van der Waals surface area contributed by atoms with E-state index in [1.165, 1.54) is 0 Å². The minimum Gasteiger partial charge on any atom is -0.491 e. The van der Waals surface area contributed by atoms with E-state index in [1.54, 1.807) is 12.1 Å². The second kappa shape index (κ2) is 5.91. The standard InChI is InChI=1S/C15H21N3O3/c1-18-5-7-20-10(9-18)8-17-15(19)12-2-3-13(16)14-11(12)4-6-21-14/h2-3,10H,4-9,16H2,1H3,(H,17,19)/t10-/m1/s1. The van der Waals surface area contributed by atoms with Gasteiger partial charge < -0.3 is 25.4 Å². The summed E-state index contributed by atoms with van der Waals surface area (Å²) in [5.41, 5.74) is 8.02. The van der Waals surface area contributed by atoms with Gasteiger partial charge in [0.25, 0.3) is 5.91 Å². The number of morpholine rings is 1. The average molecular weight is 291 g/mol. The average Bonchev–Trinajstić information content (AvgIpc) is 2.95. The van der Waals surface area contributed by atoms with Crippen LogP contribution in [0.4, 0.5) is 5.69 Å². The summed E-state index contributed by atoms with van der Waals surface area (Å²) in [4.78, 5) is 14.6. The van der Waals surface area contributed by atoms with Gasteiger partial charge in [0.2, 0.25) is 0 Å². The lowest BCUT2D eigenvalue weighted by molar-refractivity contribution is -0.0175. The number of likely N-dealkylation sites (N-methyl/N-ethyl adjacent to an activating group) is 1. The van der Waals surface area contributed by atoms with Crippen molar-refractivity contribution in [3.8, 4) is 5.75 Å². The highest BCUT2D eigenvalue weighted by atomic mass is 16.5. The van der Waals surface area contributed by atoms with Crippen LogP contribution in [-0.4, -0.2) is 56.8 Å². The first-order valence-electron chi connectivity index (χ1n) is 7.27. The Labute approximate surface area is 124 Å². The third-order valence-corrected chi connectivity index (χ3v) is 3.97. The molecule has 1 saturated heterocycles. The first-order chi connectivity index (χ1) is 10.1. The number of rotatable bonds is 3. The molecule has 3 rings (SSSR count). The van der Waals surface area contributed by atoms with Crippen molar-refractivity contribution in [2.24, 2.45) is 0 Å². The molecule has 2 aliphatic rings. The zero-order valence-electron chi connectivity index (χ0n) is 12.2. The number of fused-ring (bicyclic) bond motifs is 1. The van der Waals surface area contributed by atoms with Crippen LogP contribution in [0, 0.1) is 0 Å². The van der Waals surface area contributed by atoms with Crippen LogP contribution in [0.25, 0.3) is 0 Å². The molecule has 1 fully saturated rings. The second-order valence-electron chi connectivity index (χ2n) is 5.57. The molecular formula is C15H21N3O3. The Morgan fingerprint density at radius 2 is 2.33 bits per heavy atom. The number of benzene rings is 1. The summed E-state index contributed by atoms with van der Waals surface area (Å²) in [6.07, 6.45) is 0.775. The van der Waals surface area contributed by atoms with E-state index in [0.717, 1.165) is 25.1 Å². The second-order valence-corrected chi connectivity index (χ2v) is 5.57. The normalized spacial score (nSPS) is 21.7. The highest BCUT2D eigenvalue weighted by Gasteiger charge is 2.24. The van der Waals surface area contributed by atoms with Crippen LogP contribution in [-0.2, 0) is 11.2 Å². The number of carbonyl (C=O) groups is 1. The molecule has 114 valence electrons. The highest BCUT2D eigenvalue weighted by molar-refractivity contribution is 5.97. The predicted octanol–water partition coefficient (Wildman–Crippen LogP) is 0.264. The van der Waals surface area contributed by atoms with Crippen molar-refractivity contribution in [3.63, 3.8) is 0 Å². The van der Waals surface area contributed by atoms with Gasteiger partial charge in [-0.25, -0.2) is 0 Å². The maximum Gasteiger partial charge on any atom is 0.251 e. The van der Waals surface area contributed by atoms with Crippen LogP contribution in [0.1, 0.15) is 15.9 Å². The number of nitrogens with one attached hydrogen (secondary N) is 1. The van der Waals surface area contributed by atoms with E-state index in [4.69, 9.17) is 15.2 Å². The van der Waals surface area contributed by atoms with Gasteiger partial charge in [-0.1, -0.05) is 0 Å². The summed E-state index contributed by atoms with van der Waals surface area (Å²) in [5, 5.41) is 2.95. The van der Waals surface area contributed by atoms with E-state index in [9.17, 15) is 4.79 Å². The molecule has 0 spiro atoms. The number of carbonyl (C=O) groups excluding carboxylic acids is 1. The third kappa shape index (κ3) is 2.96. The fourth-order valence-electron chi connectivity index (χ4n) is 2.82. The number of ether oxygens (including phenoxy) is 2. The van der Waals surface area contributed by atoms with Gasteiger partial charge >= 0.3 is 0 Å². The van der Waals surface area contributed by atoms with Gasteiger partial charge in [0.05, 0.1) is 25.0 Å². The monoisotopic (exact) mass is 291 g/mol. The fourth-order valence-corrected chi connectivity index (χ4v) is 2.82. The fraction of sp³-hybridized carbons (Fsp3) is 0.533. The van der Waals surface area contributed by atoms with Gasteiger partial charge in [0.1, 0.15) is 5.75 Å². The zero-order valence-corrected chi connectivity index (χ0v) is 12.2. The SMILES string of the molecule is CN1CCO[C@H](CNC(=O)c2ccc(N)c3c2CCO3)C1. The van der Waals surface area contributed by atoms with Gasteiger partial charge in [-0.05, 0) is 19.2 Å². The molecule has 6 nitrogen and oxygen atoms in total. The zero-order chi connectivity index (χ0) is 14.8. The van der Waals surface area contributed by atoms with Crippen LogP contribution in [0.15, 0.2) is 12.1 Å². The number of hydrogen-bond acceptors (Lipinski definition) is 5. The van der Waals surface area contributed by atoms with Crippen molar-refractivity contribution in [1.82, 2.24) is 10.2 Å². The predicted molar refractivity (Wildman–Crippen MR) is 79.6 cm³/mol. The Kier molecular flexibility index (Phi) is 3.98. The molecule has 1 aromatic rings. The number of anilines is 1. The first kappa shape index (κ1) is 14.2. The quantitative estimate of drug-likeness (QED) is 0.782. The van der Waals surface area contributed by atoms with Gasteiger partial charge in [0.15, 0.2) is 0 Å². The van der Waals surface area contributed by atoms with Crippen LogP contribution in [0.5, 0.6) is 5.75 Å². The minimum atomic E-state index is -0.0893. The molecule has 2 aliphatic heterocycles. The van der Waals surface area contributed by atoms with Crippen molar-refractivity contribution in [3.05, 3.63) is 23.3 Å². The third-order valence-electron chi connectivity index (χ3n) is 3.97. The number of nitrogen functional groups attached to an aromatic ring is 1. The van der Waals surface area contributed by atoms with Crippen LogP contribution >= 0.6 is 0 Å². The summed E-state index contributed by atoms with van der Waals surface area (Å²) in [6, 6.07) is 3.50. The number of hydrogen-bond donors (Lipinski definition) is 2. The summed E-state index contributed by atoms with van der Waals surface area (Å²) in [5.74, 6) is 0.574. The van der Waals surface area contributed by atoms with Gasteiger partial charge in [-0.15, -0.1) is 0 Å². The van der Waals surface area contributed by atoms with E-state index >= 15 is 0 Å². The lowest BCUT2D eigenvalue weighted by Gasteiger charge is -2.30. The Morgan fingerprint density at radius 1 is 1.48 bits per heavy atom. The van der Waals surface area contributed by atoms with E-state index in [0.29, 0.717) is 36.8 Å². The lowest BCUT2D eigenvalue weighted by atomic mass is 10.0. The Morgan fingerprint density at radius 3 is 3.14 bits per heavy atom. The smallest absolute Gasteiger partial charge is 0.251 e. The van der Waals surface area contributed by atoms with Gasteiger partial charge in [-0.2, -0.15) is 0 Å². The number of nitrogens with zero attached hydrogens (tertiary/aromatic N) is 1. The summed E-state index contributed by atoms with van der Waals surface area (Å²) >= 11 is 0. The van der Waals surface area contributed by atoms with Crippen molar-refractivity contribution in [2.45, 2.75) is 12.5 Å². The van der Waals surface area contributed by atoms with Gasteiger partial charge in [-0.3, -0.25) is 4.79 Å². The molecule has 2 heterocycles. The first-order valence-corrected chi connectivity index (χ1v) is 7.27. The Balaban J connectivity index is 1.65. The van der Waals surface area contributed by atoms with E-state index < -0.39 is 0 Å². The summed E-state index contributed by atoms with van der Waals surface area (Å²) in [6.45, 7) is 3.59. The van der Waals surface area contributed by atoms with E-state index in [1.807, 2.05) is 0 Å². The molecule has 0 bridgehead atoms. The highest BCUT2D eigenvalue weighted by Crippen LogP contribution is 2.34. The van der Waals surface area contributed by atoms with Crippen molar-refractivity contribution in [1.29, 1.82) is 0 Å². The van der Waals surface area contributed by atoms with Crippen molar-refractivity contribution >= 4 is 11.6 Å². The summed E-state index contributed by atoms with van der Waals surface area (Å²) in [7, 11) is 2.06. The molecule has 0 saturated carbocycles. The topological polar surface area (TPSA) is 76.8 Å². The van der Waals surface area contributed by atoms with Crippen LogP contribution in [0.2, 0.25) is 0 Å². The van der Waals surface area contributed by atoms with Crippen LogP contribution < -0.4 is 15.8 Å². The van der Waals surface area contributed by atoms with E-state index in [-0.39, 0.29) is 12.0 Å². The molecular weight excluding hydrogens is 270 g/mol. The molecule has 0 aromatic heterocycles. The number of amides is 1. The van der Waals surface area contributed by atoms with Gasteiger partial charge in [0, 0.05) is 37.2 Å². The summed E-state index contributed by atoms with van der Waals surface area (Å²) < 4.78 is 11.1. The Hall–Kier alpha value is -1.79. The molecule has 0 radical (unpaired) electrons. The van der Waals surface area contributed by atoms with Crippen molar-refractivity contribution in [2.75, 3.05) is 45.6 Å². The molecule has 3 N–H and O–H groups in total. The lowest BCUT2D eigenvalue weighted by Crippen LogP contribution is -2.46. The maximum absolute atomic E-state index is 12.4. The molecule has 21 heavy (non-hydrogen) atoms. The van der Waals surface area contributed by atoms with Crippen molar-refractivity contribution < 1.29 is 14.3 Å². The molecule has 0 aliphatic carbocycles. The van der Waals surface area contributed by atoms with Crippen LogP contribution in [0.3, 0.4) is 0 Å². The molecule has 1 amide bonds. The molecule has 6 heteroatoms. The number of nitrogens with two attached hydrogens (primary N) is 1. The Bertz CT molecular complexity index is 547. The molecule has 1 aromatic carbocycles. The molecule has 1 atom stereocenters.